The van der Waals surface area contributed by atoms with E-state index in [1.165, 1.54) is 13.0 Å². The number of amides is 2. The lowest BCUT2D eigenvalue weighted by molar-refractivity contribution is -0.125. The predicted molar refractivity (Wildman–Crippen MR) is 159 cm³/mol. The van der Waals surface area contributed by atoms with E-state index >= 15 is 0 Å². The molecular weight excluding hydrogens is 541 g/mol. The third-order valence-corrected chi connectivity index (χ3v) is 10.4. The average molecular weight is 580 g/mol. The zero-order valence-electron chi connectivity index (χ0n) is 23.4. The van der Waals surface area contributed by atoms with Crippen molar-refractivity contribution in [2.75, 3.05) is 18.4 Å². The van der Waals surface area contributed by atoms with Gasteiger partial charge in [-0.3, -0.25) is 14.9 Å². The van der Waals surface area contributed by atoms with Gasteiger partial charge in [0.1, 0.15) is 6.17 Å². The second-order valence-electron chi connectivity index (χ2n) is 12.1. The van der Waals surface area contributed by atoms with Crippen molar-refractivity contribution in [2.45, 2.75) is 82.8 Å². The monoisotopic (exact) mass is 579 g/mol. The minimum absolute atomic E-state index is 0.0187. The molecule has 1 aliphatic heterocycles. The maximum absolute atomic E-state index is 13.8. The molecule has 3 fully saturated rings. The van der Waals surface area contributed by atoms with E-state index in [-0.39, 0.29) is 29.4 Å². The van der Waals surface area contributed by atoms with E-state index in [4.69, 9.17) is 4.98 Å². The van der Waals surface area contributed by atoms with Gasteiger partial charge in [-0.2, -0.15) is 0 Å². The topological polar surface area (TPSA) is 99.5 Å². The minimum atomic E-state index is -1.12. The largest absolute Gasteiger partial charge is 0.393 e. The van der Waals surface area contributed by atoms with Gasteiger partial charge in [0.2, 0.25) is 11.9 Å². The highest BCUT2D eigenvalue weighted by molar-refractivity contribution is 7.14. The first kappa shape index (κ1) is 28.1. The lowest BCUT2D eigenvalue weighted by Gasteiger charge is -2.46. The van der Waals surface area contributed by atoms with Gasteiger partial charge < -0.3 is 19.9 Å². The number of anilines is 1. The quantitative estimate of drug-likeness (QED) is 0.306. The summed E-state index contributed by atoms with van der Waals surface area (Å²) in [5, 5.41) is 16.4. The van der Waals surface area contributed by atoms with Gasteiger partial charge in [0.15, 0.2) is 0 Å². The summed E-state index contributed by atoms with van der Waals surface area (Å²) in [5.41, 5.74) is 2.98. The number of alkyl halides is 1. The van der Waals surface area contributed by atoms with Crippen LogP contribution in [0.1, 0.15) is 84.2 Å². The number of aliphatic hydroxyl groups is 1. The molecule has 6 rings (SSSR count). The Hall–Kier alpha value is -3.08. The number of hydrogen-bond acceptors (Lipinski definition) is 6. The molecule has 3 heterocycles. The zero-order valence-corrected chi connectivity index (χ0v) is 24.3. The number of thiophene rings is 1. The van der Waals surface area contributed by atoms with Crippen molar-refractivity contribution < 1.29 is 19.1 Å². The minimum Gasteiger partial charge on any atom is -0.393 e. The summed E-state index contributed by atoms with van der Waals surface area (Å²) >= 11 is 1.16. The summed E-state index contributed by atoms with van der Waals surface area (Å²) in [5.74, 6) is 0.184. The second kappa shape index (κ2) is 11.3. The van der Waals surface area contributed by atoms with Crippen LogP contribution in [0, 0.1) is 5.41 Å². The molecule has 8 nitrogen and oxygen atoms in total. The van der Waals surface area contributed by atoms with Crippen LogP contribution < -0.4 is 10.6 Å². The number of aromatic nitrogens is 2. The number of carbonyl (C=O) groups excluding carboxylic acids is 2. The third kappa shape index (κ3) is 5.69. The Bertz CT molecular complexity index is 1450. The average Bonchev–Trinajstić information content (AvgIpc) is 3.68. The van der Waals surface area contributed by atoms with Crippen LogP contribution in [0.25, 0.3) is 11.0 Å². The highest BCUT2D eigenvalue weighted by Crippen LogP contribution is 2.55. The molecule has 2 amide bonds. The van der Waals surface area contributed by atoms with Crippen LogP contribution in [-0.4, -0.2) is 56.6 Å². The first-order valence-electron chi connectivity index (χ1n) is 14.6. The maximum Gasteiger partial charge on any atom is 0.268 e. The first-order chi connectivity index (χ1) is 19.7. The zero-order chi connectivity index (χ0) is 28.7. The number of carbonyl (C=O) groups is 2. The molecule has 2 aliphatic carbocycles. The number of nitrogens with one attached hydrogen (secondary N) is 2. The number of likely N-dealkylation sites (tertiary alicyclic amines) is 1. The van der Waals surface area contributed by atoms with Crippen molar-refractivity contribution in [2.24, 2.45) is 5.41 Å². The SMILES string of the molecule is C=CC(=O)N1CCC2(CC(n3c(NC(=O)c4ccc(C(C)F)s4)nc4cc(CNC5CCC(O)CC5)ccc43)C2)C1. The number of benzene rings is 1. The van der Waals surface area contributed by atoms with Crippen molar-refractivity contribution in [1.82, 2.24) is 19.8 Å². The van der Waals surface area contributed by atoms with Crippen LogP contribution in [0.5, 0.6) is 0 Å². The summed E-state index contributed by atoms with van der Waals surface area (Å²) in [4.78, 5) is 33.1. The summed E-state index contributed by atoms with van der Waals surface area (Å²) in [7, 11) is 0. The number of fused-ring (bicyclic) bond motifs is 1. The summed E-state index contributed by atoms with van der Waals surface area (Å²) in [6.45, 7) is 7.29. The van der Waals surface area contributed by atoms with E-state index in [0.29, 0.717) is 28.3 Å². The number of halogens is 1. The van der Waals surface area contributed by atoms with Crippen LogP contribution in [0.3, 0.4) is 0 Å². The Kier molecular flexibility index (Phi) is 7.74. The molecule has 2 aromatic heterocycles. The van der Waals surface area contributed by atoms with Gasteiger partial charge in [-0.25, -0.2) is 9.37 Å². The van der Waals surface area contributed by atoms with E-state index in [1.807, 2.05) is 4.90 Å². The summed E-state index contributed by atoms with van der Waals surface area (Å²) < 4.78 is 15.9. The smallest absolute Gasteiger partial charge is 0.268 e. The first-order valence-corrected chi connectivity index (χ1v) is 15.4. The van der Waals surface area contributed by atoms with Crippen LogP contribution in [0.15, 0.2) is 43.0 Å². The fourth-order valence-electron chi connectivity index (χ4n) is 6.81. The van der Waals surface area contributed by atoms with Gasteiger partial charge in [0, 0.05) is 36.6 Å². The van der Waals surface area contributed by atoms with Crippen LogP contribution in [0.2, 0.25) is 0 Å². The van der Waals surface area contributed by atoms with Crippen molar-refractivity contribution >= 4 is 40.1 Å². The molecule has 3 N–H and O–H groups in total. The van der Waals surface area contributed by atoms with Crippen LogP contribution >= 0.6 is 11.3 Å². The molecule has 1 spiro atoms. The molecule has 218 valence electrons. The molecule has 10 heteroatoms. The van der Waals surface area contributed by atoms with Crippen molar-refractivity contribution in [1.29, 1.82) is 0 Å². The molecule has 2 saturated carbocycles. The molecule has 41 heavy (non-hydrogen) atoms. The van der Waals surface area contributed by atoms with E-state index in [9.17, 15) is 19.1 Å². The van der Waals surface area contributed by atoms with Gasteiger partial charge in [-0.1, -0.05) is 12.6 Å². The van der Waals surface area contributed by atoms with Gasteiger partial charge >= 0.3 is 0 Å². The Morgan fingerprint density at radius 3 is 2.73 bits per heavy atom. The van der Waals surface area contributed by atoms with E-state index in [2.05, 4.69) is 40.0 Å². The van der Waals surface area contributed by atoms with Gasteiger partial charge in [-0.05, 0) is 93.2 Å². The number of rotatable bonds is 8. The van der Waals surface area contributed by atoms with E-state index in [1.54, 1.807) is 12.1 Å². The molecule has 3 aliphatic rings. The van der Waals surface area contributed by atoms with Crippen LogP contribution in [-0.2, 0) is 11.3 Å². The fraction of sp³-hybridized carbons (Fsp3) is 0.516. The number of hydrogen-bond donors (Lipinski definition) is 3. The standard InChI is InChI=1S/C31H38FN5O3S/c1-3-28(39)36-13-12-31(18-36)15-22(16-31)37-25-9-4-20(17-33-21-5-7-23(38)8-6-21)14-24(25)34-30(37)35-29(40)27-11-10-26(41-27)19(2)32/h3-4,9-11,14,19,21-23,33,38H,1,5-8,12-13,15-18H2,2H3,(H,34,35,40). The van der Waals surface area contributed by atoms with Gasteiger partial charge in [0.05, 0.1) is 22.0 Å². The molecular formula is C31H38FN5O3S. The number of nitrogens with zero attached hydrogens (tertiary/aromatic N) is 3. The predicted octanol–water partition coefficient (Wildman–Crippen LogP) is 5.51. The Balaban J connectivity index is 1.23. The van der Waals surface area contributed by atoms with E-state index in [0.717, 1.165) is 86.0 Å². The molecule has 1 unspecified atom stereocenters. The number of aliphatic hydroxyl groups excluding tert-OH is 1. The molecule has 0 bridgehead atoms. The maximum atomic E-state index is 13.8. The highest BCUT2D eigenvalue weighted by Gasteiger charge is 2.50. The van der Waals surface area contributed by atoms with E-state index < -0.39 is 6.17 Å². The molecule has 0 radical (unpaired) electrons. The molecule has 3 aromatic rings. The molecule has 1 saturated heterocycles. The Labute approximate surface area is 243 Å². The van der Waals surface area contributed by atoms with Gasteiger partial charge in [-0.15, -0.1) is 11.3 Å². The second-order valence-corrected chi connectivity index (χ2v) is 13.2. The highest BCUT2D eigenvalue weighted by atomic mass is 32.1. The third-order valence-electron chi connectivity index (χ3n) is 9.14. The van der Waals surface area contributed by atoms with Gasteiger partial charge in [0.25, 0.3) is 5.91 Å². The Morgan fingerprint density at radius 1 is 1.24 bits per heavy atom. The summed E-state index contributed by atoms with van der Waals surface area (Å²) in [6.07, 6.45) is 6.47. The summed E-state index contributed by atoms with van der Waals surface area (Å²) in [6, 6.07) is 10.1. The number of imidazole rings is 1. The van der Waals surface area contributed by atoms with Crippen molar-refractivity contribution in [3.8, 4) is 0 Å². The lowest BCUT2D eigenvalue weighted by Crippen LogP contribution is -2.42. The molecule has 1 atom stereocenters. The normalized spacial score (nSPS) is 26.7. The molecule has 1 aromatic carbocycles. The van der Waals surface area contributed by atoms with Crippen molar-refractivity contribution in [3.63, 3.8) is 0 Å². The fourth-order valence-corrected chi connectivity index (χ4v) is 7.65. The van der Waals surface area contributed by atoms with Crippen molar-refractivity contribution in [3.05, 3.63) is 58.3 Å². The lowest BCUT2D eigenvalue weighted by atomic mass is 9.64. The Morgan fingerprint density at radius 2 is 2.02 bits per heavy atom. The van der Waals surface area contributed by atoms with Crippen LogP contribution in [0.4, 0.5) is 10.3 Å².